The quantitative estimate of drug-likeness (QED) is 0.690. The van der Waals surface area contributed by atoms with Crippen molar-refractivity contribution in [3.8, 4) is 5.82 Å². The Morgan fingerprint density at radius 2 is 2.12 bits per heavy atom. The average molecular weight is 427 g/mol. The van der Waals surface area contributed by atoms with Gasteiger partial charge in [0.1, 0.15) is 5.69 Å². The maximum Gasteiger partial charge on any atom is 0.254 e. The Kier molecular flexibility index (Phi) is 5.13. The van der Waals surface area contributed by atoms with Gasteiger partial charge in [-0.15, -0.1) is 5.10 Å². The number of pyridine rings is 1. The van der Waals surface area contributed by atoms with Crippen LogP contribution in [-0.4, -0.2) is 25.9 Å². The van der Waals surface area contributed by atoms with Crippen LogP contribution in [0.1, 0.15) is 16.1 Å². The van der Waals surface area contributed by atoms with Gasteiger partial charge in [0.2, 0.25) is 0 Å². The first-order valence-corrected chi connectivity index (χ1v) is 8.35. The summed E-state index contributed by atoms with van der Waals surface area (Å²) >= 11 is 15.3. The highest BCUT2D eigenvalue weighted by atomic mass is 79.9. The largest absolute Gasteiger partial charge is 0.346 e. The lowest BCUT2D eigenvalue weighted by atomic mass is 10.2. The molecule has 0 aliphatic heterocycles. The molecule has 0 bridgehead atoms. The third-order valence-electron chi connectivity index (χ3n) is 3.10. The zero-order valence-electron chi connectivity index (χ0n) is 12.1. The Morgan fingerprint density at radius 1 is 1.29 bits per heavy atom. The van der Waals surface area contributed by atoms with Gasteiger partial charge >= 0.3 is 0 Å². The van der Waals surface area contributed by atoms with Crippen LogP contribution in [0.15, 0.2) is 47.2 Å². The van der Waals surface area contributed by atoms with Crippen LogP contribution in [-0.2, 0) is 6.54 Å². The van der Waals surface area contributed by atoms with Gasteiger partial charge in [-0.2, -0.15) is 0 Å². The number of benzene rings is 1. The lowest BCUT2D eigenvalue weighted by molar-refractivity contribution is 0.0950. The second kappa shape index (κ2) is 7.29. The van der Waals surface area contributed by atoms with E-state index in [1.54, 1.807) is 42.7 Å². The van der Waals surface area contributed by atoms with Crippen molar-refractivity contribution in [1.82, 2.24) is 25.3 Å². The Labute approximate surface area is 155 Å². The first-order valence-electron chi connectivity index (χ1n) is 6.80. The van der Waals surface area contributed by atoms with Gasteiger partial charge < -0.3 is 5.32 Å². The first kappa shape index (κ1) is 16.9. The van der Waals surface area contributed by atoms with Crippen molar-refractivity contribution < 1.29 is 4.79 Å². The molecule has 1 aromatic carbocycles. The molecule has 0 unspecified atom stereocenters. The molecule has 0 atom stereocenters. The molecular formula is C15H10BrCl2N5O. The first-order chi connectivity index (χ1) is 11.5. The van der Waals surface area contributed by atoms with E-state index in [-0.39, 0.29) is 12.5 Å². The Hall–Kier alpha value is -1.96. The van der Waals surface area contributed by atoms with E-state index < -0.39 is 0 Å². The third kappa shape index (κ3) is 3.75. The molecule has 122 valence electrons. The number of nitrogens with zero attached hydrogens (tertiary/aromatic N) is 4. The molecule has 3 rings (SSSR count). The number of rotatable bonds is 4. The number of halogens is 3. The number of hydrogen-bond donors (Lipinski definition) is 1. The molecule has 0 aliphatic rings. The molecule has 0 radical (unpaired) electrons. The van der Waals surface area contributed by atoms with E-state index >= 15 is 0 Å². The number of nitrogens with one attached hydrogen (secondary N) is 1. The number of aromatic nitrogens is 4. The second-order valence-electron chi connectivity index (χ2n) is 4.77. The summed E-state index contributed by atoms with van der Waals surface area (Å²) in [6.45, 7) is 0.205. The Balaban J connectivity index is 1.71. The van der Waals surface area contributed by atoms with Crippen molar-refractivity contribution in [2.24, 2.45) is 0 Å². The molecule has 3 aromatic rings. The van der Waals surface area contributed by atoms with Gasteiger partial charge in [0.05, 0.1) is 23.3 Å². The summed E-state index contributed by atoms with van der Waals surface area (Å²) in [4.78, 5) is 16.4. The maximum atomic E-state index is 12.3. The summed E-state index contributed by atoms with van der Waals surface area (Å²) in [7, 11) is 0. The molecule has 24 heavy (non-hydrogen) atoms. The highest BCUT2D eigenvalue weighted by molar-refractivity contribution is 9.10. The van der Waals surface area contributed by atoms with Crippen LogP contribution in [0.25, 0.3) is 5.82 Å². The van der Waals surface area contributed by atoms with Gasteiger partial charge in [-0.25, -0.2) is 9.67 Å². The van der Waals surface area contributed by atoms with Crippen LogP contribution in [0.2, 0.25) is 10.0 Å². The minimum absolute atomic E-state index is 0.205. The summed E-state index contributed by atoms with van der Waals surface area (Å²) in [5, 5.41) is 11.7. The third-order valence-corrected chi connectivity index (χ3v) is 4.31. The molecule has 9 heteroatoms. The zero-order chi connectivity index (χ0) is 17.1. The van der Waals surface area contributed by atoms with Crippen molar-refractivity contribution >= 4 is 45.0 Å². The van der Waals surface area contributed by atoms with E-state index in [9.17, 15) is 4.79 Å². The van der Waals surface area contributed by atoms with Crippen LogP contribution < -0.4 is 5.32 Å². The van der Waals surface area contributed by atoms with Gasteiger partial charge in [-0.3, -0.25) is 4.79 Å². The summed E-state index contributed by atoms with van der Waals surface area (Å²) in [6.07, 6.45) is 3.25. The van der Waals surface area contributed by atoms with Gasteiger partial charge in [-0.05, 0) is 34.1 Å². The minimum Gasteiger partial charge on any atom is -0.346 e. The second-order valence-corrected chi connectivity index (χ2v) is 6.46. The molecule has 1 amide bonds. The van der Waals surface area contributed by atoms with Gasteiger partial charge in [0.25, 0.3) is 5.91 Å². The molecule has 0 saturated heterocycles. The van der Waals surface area contributed by atoms with E-state index in [1.165, 1.54) is 4.68 Å². The SMILES string of the molecule is O=C(NCc1cn(-c2cc(Cl)ccn2)nn1)c1c(Cl)cccc1Br. The normalized spacial score (nSPS) is 10.6. The number of carbonyl (C=O) groups is 1. The molecule has 0 fully saturated rings. The molecule has 6 nitrogen and oxygen atoms in total. The van der Waals surface area contributed by atoms with Gasteiger partial charge in [0, 0.05) is 21.8 Å². The average Bonchev–Trinajstić information content (AvgIpc) is 3.02. The van der Waals surface area contributed by atoms with Crippen molar-refractivity contribution in [2.75, 3.05) is 0 Å². The van der Waals surface area contributed by atoms with Crippen molar-refractivity contribution in [1.29, 1.82) is 0 Å². The lowest BCUT2D eigenvalue weighted by Crippen LogP contribution is -2.23. The van der Waals surface area contributed by atoms with Crippen LogP contribution in [0, 0.1) is 0 Å². The Bertz CT molecular complexity index is 879. The summed E-state index contributed by atoms with van der Waals surface area (Å²) in [6, 6.07) is 8.50. The maximum absolute atomic E-state index is 12.3. The fraction of sp³-hybridized carbons (Fsp3) is 0.0667. The summed E-state index contributed by atoms with van der Waals surface area (Å²) in [5.41, 5.74) is 0.955. The van der Waals surface area contributed by atoms with Crippen molar-refractivity contribution in [2.45, 2.75) is 6.54 Å². The molecule has 2 aromatic heterocycles. The predicted octanol–water partition coefficient (Wildman–Crippen LogP) is 3.66. The van der Waals surface area contributed by atoms with E-state index in [1.807, 2.05) is 0 Å². The van der Waals surface area contributed by atoms with E-state index in [4.69, 9.17) is 23.2 Å². The molecule has 0 aliphatic carbocycles. The number of amides is 1. The fourth-order valence-electron chi connectivity index (χ4n) is 1.98. The lowest BCUT2D eigenvalue weighted by Gasteiger charge is -2.07. The minimum atomic E-state index is -0.303. The van der Waals surface area contributed by atoms with Crippen LogP contribution in [0.4, 0.5) is 0 Å². The van der Waals surface area contributed by atoms with E-state index in [0.29, 0.717) is 31.6 Å². The van der Waals surface area contributed by atoms with Crippen LogP contribution >= 0.6 is 39.1 Å². The van der Waals surface area contributed by atoms with Gasteiger partial charge in [0.15, 0.2) is 5.82 Å². The summed E-state index contributed by atoms with van der Waals surface area (Å²) in [5.74, 6) is 0.240. The van der Waals surface area contributed by atoms with Gasteiger partial charge in [-0.1, -0.05) is 34.5 Å². The molecule has 0 spiro atoms. The number of carbonyl (C=O) groups excluding carboxylic acids is 1. The standard InChI is InChI=1S/C15H10BrCl2N5O/c16-11-2-1-3-12(18)14(11)15(24)20-7-10-8-23(22-21-10)13-6-9(17)4-5-19-13/h1-6,8H,7H2,(H,20,24). The predicted molar refractivity (Wildman–Crippen MR) is 94.5 cm³/mol. The molecule has 2 heterocycles. The molecule has 1 N–H and O–H groups in total. The topological polar surface area (TPSA) is 72.7 Å². The van der Waals surface area contributed by atoms with Crippen LogP contribution in [0.3, 0.4) is 0 Å². The van der Waals surface area contributed by atoms with Crippen LogP contribution in [0.5, 0.6) is 0 Å². The Morgan fingerprint density at radius 3 is 2.88 bits per heavy atom. The number of hydrogen-bond acceptors (Lipinski definition) is 4. The molecule has 0 saturated carbocycles. The zero-order valence-corrected chi connectivity index (χ0v) is 15.2. The smallest absolute Gasteiger partial charge is 0.254 e. The van der Waals surface area contributed by atoms with E-state index in [2.05, 4.69) is 36.5 Å². The van der Waals surface area contributed by atoms with E-state index in [0.717, 1.165) is 0 Å². The highest BCUT2D eigenvalue weighted by Gasteiger charge is 2.14. The monoisotopic (exact) mass is 425 g/mol. The summed E-state index contributed by atoms with van der Waals surface area (Å²) < 4.78 is 2.11. The highest BCUT2D eigenvalue weighted by Crippen LogP contribution is 2.24. The fourth-order valence-corrected chi connectivity index (χ4v) is 3.06. The van der Waals surface area contributed by atoms with Crippen molar-refractivity contribution in [3.05, 3.63) is 68.5 Å². The van der Waals surface area contributed by atoms with Crippen molar-refractivity contribution in [3.63, 3.8) is 0 Å². The molecular weight excluding hydrogens is 417 g/mol.